The standard InChI is InChI=1S/C23H26O2/c1-6-17(3)15-23(5,7-2)25-22-10-8-9-20(14-22)21-12-18(4)11-19(13-21)16-24/h6,8-16H,1,7H2,2-5H3. The lowest BCUT2D eigenvalue weighted by Gasteiger charge is -2.27. The van der Waals surface area contributed by atoms with E-state index in [1.807, 2.05) is 56.3 Å². The second kappa shape index (κ2) is 7.98. The molecule has 2 heteroatoms. The molecule has 0 aliphatic heterocycles. The second-order valence-electron chi connectivity index (χ2n) is 6.64. The summed E-state index contributed by atoms with van der Waals surface area (Å²) in [5, 5.41) is 0. The number of aldehydes is 1. The molecule has 0 saturated carbocycles. The van der Waals surface area contributed by atoms with Crippen molar-refractivity contribution >= 4 is 6.29 Å². The highest BCUT2D eigenvalue weighted by Crippen LogP contribution is 2.29. The van der Waals surface area contributed by atoms with Crippen LogP contribution in [0.5, 0.6) is 5.75 Å². The minimum Gasteiger partial charge on any atom is -0.483 e. The molecule has 0 N–H and O–H groups in total. The van der Waals surface area contributed by atoms with Crippen molar-refractivity contribution in [2.45, 2.75) is 39.7 Å². The van der Waals surface area contributed by atoms with Gasteiger partial charge in [0.05, 0.1) is 0 Å². The summed E-state index contributed by atoms with van der Waals surface area (Å²) in [6.45, 7) is 12.0. The van der Waals surface area contributed by atoms with Gasteiger partial charge in [0.1, 0.15) is 17.6 Å². The average molecular weight is 334 g/mol. The van der Waals surface area contributed by atoms with Crippen LogP contribution in [0.4, 0.5) is 0 Å². The summed E-state index contributed by atoms with van der Waals surface area (Å²) >= 11 is 0. The molecule has 2 nitrogen and oxygen atoms in total. The first kappa shape index (κ1) is 18.7. The van der Waals surface area contributed by atoms with E-state index in [2.05, 4.69) is 32.6 Å². The van der Waals surface area contributed by atoms with Gasteiger partial charge in [0.25, 0.3) is 0 Å². The molecule has 0 aliphatic rings. The maximum absolute atomic E-state index is 11.1. The Bertz CT molecular complexity index is 801. The van der Waals surface area contributed by atoms with E-state index in [0.29, 0.717) is 5.56 Å². The maximum atomic E-state index is 11.1. The molecule has 0 aliphatic carbocycles. The summed E-state index contributed by atoms with van der Waals surface area (Å²) in [6.07, 6.45) is 5.67. The van der Waals surface area contributed by atoms with E-state index in [9.17, 15) is 4.79 Å². The topological polar surface area (TPSA) is 26.3 Å². The zero-order valence-corrected chi connectivity index (χ0v) is 15.5. The van der Waals surface area contributed by atoms with Crippen LogP contribution in [0.25, 0.3) is 11.1 Å². The molecular weight excluding hydrogens is 308 g/mol. The van der Waals surface area contributed by atoms with Gasteiger partial charge in [-0.15, -0.1) is 0 Å². The van der Waals surface area contributed by atoms with Crippen LogP contribution in [0.15, 0.2) is 66.8 Å². The van der Waals surface area contributed by atoms with Gasteiger partial charge >= 0.3 is 0 Å². The first-order valence-corrected chi connectivity index (χ1v) is 8.57. The van der Waals surface area contributed by atoms with Crippen LogP contribution in [-0.4, -0.2) is 11.9 Å². The van der Waals surface area contributed by atoms with Gasteiger partial charge in [-0.2, -0.15) is 0 Å². The predicted octanol–water partition coefficient (Wildman–Crippen LogP) is 6.15. The van der Waals surface area contributed by atoms with Gasteiger partial charge < -0.3 is 4.74 Å². The Morgan fingerprint density at radius 3 is 2.60 bits per heavy atom. The number of aryl methyl sites for hydroxylation is 1. The highest BCUT2D eigenvalue weighted by molar-refractivity contribution is 5.79. The van der Waals surface area contributed by atoms with Gasteiger partial charge in [-0.1, -0.05) is 43.4 Å². The Labute approximate surface area is 150 Å². The van der Waals surface area contributed by atoms with Crippen molar-refractivity contribution < 1.29 is 9.53 Å². The van der Waals surface area contributed by atoms with Crippen molar-refractivity contribution in [3.63, 3.8) is 0 Å². The van der Waals surface area contributed by atoms with Gasteiger partial charge in [-0.25, -0.2) is 0 Å². The van der Waals surface area contributed by atoms with Crippen LogP contribution in [0, 0.1) is 6.92 Å². The molecule has 0 aromatic heterocycles. The summed E-state index contributed by atoms with van der Waals surface area (Å²) in [7, 11) is 0. The molecular formula is C23H26O2. The number of allylic oxidation sites excluding steroid dienone is 2. The molecule has 2 rings (SSSR count). The SMILES string of the molecule is C=CC(C)=CC(C)(CC)Oc1cccc(-c2cc(C)cc(C=O)c2)c1. The average Bonchev–Trinajstić information content (AvgIpc) is 2.61. The lowest BCUT2D eigenvalue weighted by molar-refractivity contribution is 0.112. The van der Waals surface area contributed by atoms with Crippen molar-refractivity contribution in [2.24, 2.45) is 0 Å². The van der Waals surface area contributed by atoms with Crippen molar-refractivity contribution in [3.8, 4) is 16.9 Å². The molecule has 1 atom stereocenters. The lowest BCUT2D eigenvalue weighted by atomic mass is 9.98. The third-order valence-electron chi connectivity index (χ3n) is 4.31. The van der Waals surface area contributed by atoms with Gasteiger partial charge in [-0.3, -0.25) is 4.79 Å². The van der Waals surface area contributed by atoms with E-state index >= 15 is 0 Å². The van der Waals surface area contributed by atoms with Crippen molar-refractivity contribution in [3.05, 3.63) is 77.9 Å². The minimum atomic E-state index is -0.391. The van der Waals surface area contributed by atoms with E-state index in [1.54, 1.807) is 0 Å². The van der Waals surface area contributed by atoms with E-state index < -0.39 is 5.60 Å². The molecule has 0 radical (unpaired) electrons. The number of benzene rings is 2. The summed E-state index contributed by atoms with van der Waals surface area (Å²) in [5.74, 6) is 0.809. The minimum absolute atomic E-state index is 0.391. The Balaban J connectivity index is 2.37. The lowest BCUT2D eigenvalue weighted by Crippen LogP contribution is -2.29. The van der Waals surface area contributed by atoms with Crippen LogP contribution in [0.1, 0.15) is 43.1 Å². The van der Waals surface area contributed by atoms with Crippen LogP contribution >= 0.6 is 0 Å². The van der Waals surface area contributed by atoms with Crippen molar-refractivity contribution in [1.29, 1.82) is 0 Å². The molecule has 0 heterocycles. The normalized spacial score (nSPS) is 13.8. The largest absolute Gasteiger partial charge is 0.483 e. The highest BCUT2D eigenvalue weighted by Gasteiger charge is 2.21. The fraction of sp³-hybridized carbons (Fsp3) is 0.261. The zero-order valence-electron chi connectivity index (χ0n) is 15.5. The van der Waals surface area contributed by atoms with Crippen LogP contribution in [0.2, 0.25) is 0 Å². The number of rotatable bonds is 7. The Kier molecular flexibility index (Phi) is 5.97. The Hall–Kier alpha value is -2.61. The number of carbonyl (C=O) groups is 1. The van der Waals surface area contributed by atoms with E-state index in [4.69, 9.17) is 4.74 Å². The predicted molar refractivity (Wildman–Crippen MR) is 105 cm³/mol. The Morgan fingerprint density at radius 1 is 1.20 bits per heavy atom. The number of hydrogen-bond donors (Lipinski definition) is 0. The molecule has 2 aromatic carbocycles. The highest BCUT2D eigenvalue weighted by atomic mass is 16.5. The summed E-state index contributed by atoms with van der Waals surface area (Å²) < 4.78 is 6.28. The third kappa shape index (κ3) is 4.93. The molecule has 25 heavy (non-hydrogen) atoms. The summed E-state index contributed by atoms with van der Waals surface area (Å²) in [4.78, 5) is 11.1. The maximum Gasteiger partial charge on any atom is 0.150 e. The Morgan fingerprint density at radius 2 is 1.96 bits per heavy atom. The van der Waals surface area contributed by atoms with Crippen molar-refractivity contribution in [2.75, 3.05) is 0 Å². The number of ether oxygens (including phenoxy) is 1. The summed E-state index contributed by atoms with van der Waals surface area (Å²) in [5.41, 5.74) is 4.50. The van der Waals surface area contributed by atoms with Gasteiger partial charge in [0.15, 0.2) is 0 Å². The molecule has 0 bridgehead atoms. The van der Waals surface area contributed by atoms with Gasteiger partial charge in [-0.05, 0) is 74.2 Å². The molecule has 130 valence electrons. The zero-order chi connectivity index (χ0) is 18.4. The second-order valence-corrected chi connectivity index (χ2v) is 6.64. The van der Waals surface area contributed by atoms with Gasteiger partial charge in [0, 0.05) is 5.56 Å². The fourth-order valence-electron chi connectivity index (χ4n) is 2.80. The third-order valence-corrected chi connectivity index (χ3v) is 4.31. The first-order chi connectivity index (χ1) is 11.9. The van der Waals surface area contributed by atoms with E-state index in [-0.39, 0.29) is 0 Å². The van der Waals surface area contributed by atoms with E-state index in [0.717, 1.165) is 40.7 Å². The monoisotopic (exact) mass is 334 g/mol. The van der Waals surface area contributed by atoms with Crippen LogP contribution < -0.4 is 4.74 Å². The molecule has 0 saturated heterocycles. The number of carbonyl (C=O) groups excluding carboxylic acids is 1. The molecule has 0 fully saturated rings. The molecule has 0 amide bonds. The van der Waals surface area contributed by atoms with Crippen molar-refractivity contribution in [1.82, 2.24) is 0 Å². The quantitative estimate of drug-likeness (QED) is 0.448. The first-order valence-electron chi connectivity index (χ1n) is 8.57. The summed E-state index contributed by atoms with van der Waals surface area (Å²) in [6, 6.07) is 13.9. The van der Waals surface area contributed by atoms with Gasteiger partial charge in [0.2, 0.25) is 0 Å². The smallest absolute Gasteiger partial charge is 0.150 e. The van der Waals surface area contributed by atoms with Crippen LogP contribution in [0.3, 0.4) is 0 Å². The number of hydrogen-bond acceptors (Lipinski definition) is 2. The molecule has 1 unspecified atom stereocenters. The van der Waals surface area contributed by atoms with Crippen LogP contribution in [-0.2, 0) is 0 Å². The van der Waals surface area contributed by atoms with E-state index in [1.165, 1.54) is 0 Å². The molecule has 2 aromatic rings. The molecule has 0 spiro atoms. The fourth-order valence-corrected chi connectivity index (χ4v) is 2.80.